The van der Waals surface area contributed by atoms with E-state index in [1.807, 2.05) is 32.9 Å². The van der Waals surface area contributed by atoms with Crippen molar-refractivity contribution < 1.29 is 4.79 Å². The number of nitrogens with one attached hydrogen (secondary N) is 1. The van der Waals surface area contributed by atoms with Gasteiger partial charge in [0, 0.05) is 24.4 Å². The summed E-state index contributed by atoms with van der Waals surface area (Å²) in [5.41, 5.74) is 3.43. The molecule has 1 amide bonds. The van der Waals surface area contributed by atoms with Crippen LogP contribution in [0.5, 0.6) is 0 Å². The normalized spacial score (nSPS) is 10.4. The smallest absolute Gasteiger partial charge is 0.255 e. The standard InChI is InChI=1S/C17H20N2O2/c1-4-9-19-11-15(7-8-16(19)20)18-17(21)14-6-5-12(2)13(3)10-14/h5-8,10-11H,4,9H2,1-3H3,(H,18,21). The number of nitrogens with zero attached hydrogens (tertiary/aromatic N) is 1. The number of aryl methyl sites for hydroxylation is 3. The van der Waals surface area contributed by atoms with Crippen LogP contribution in [0, 0.1) is 13.8 Å². The van der Waals surface area contributed by atoms with E-state index in [1.165, 1.54) is 6.07 Å². The van der Waals surface area contributed by atoms with Gasteiger partial charge in [-0.1, -0.05) is 13.0 Å². The molecular formula is C17H20N2O2. The Labute approximate surface area is 124 Å². The summed E-state index contributed by atoms with van der Waals surface area (Å²) in [6.07, 6.45) is 2.55. The lowest BCUT2D eigenvalue weighted by molar-refractivity contribution is 0.102. The predicted molar refractivity (Wildman–Crippen MR) is 84.9 cm³/mol. The first-order chi connectivity index (χ1) is 10.0. The van der Waals surface area contributed by atoms with Crippen LogP contribution >= 0.6 is 0 Å². The van der Waals surface area contributed by atoms with Crippen LogP contribution in [-0.4, -0.2) is 10.5 Å². The van der Waals surface area contributed by atoms with E-state index < -0.39 is 0 Å². The van der Waals surface area contributed by atoms with Gasteiger partial charge in [-0.2, -0.15) is 0 Å². The molecule has 0 aliphatic rings. The average molecular weight is 284 g/mol. The van der Waals surface area contributed by atoms with Crippen molar-refractivity contribution in [3.8, 4) is 0 Å². The van der Waals surface area contributed by atoms with Crippen molar-refractivity contribution in [3.05, 3.63) is 63.6 Å². The predicted octanol–water partition coefficient (Wildman–Crippen LogP) is 3.13. The van der Waals surface area contributed by atoms with E-state index in [-0.39, 0.29) is 11.5 Å². The maximum absolute atomic E-state index is 12.2. The van der Waals surface area contributed by atoms with Gasteiger partial charge in [0.15, 0.2) is 0 Å². The molecule has 1 aromatic carbocycles. The zero-order valence-electron chi connectivity index (χ0n) is 12.6. The van der Waals surface area contributed by atoms with Gasteiger partial charge in [0.2, 0.25) is 0 Å². The third-order valence-corrected chi connectivity index (χ3v) is 3.47. The highest BCUT2D eigenvalue weighted by molar-refractivity contribution is 6.04. The summed E-state index contributed by atoms with van der Waals surface area (Å²) in [7, 11) is 0. The fourth-order valence-corrected chi connectivity index (χ4v) is 2.11. The summed E-state index contributed by atoms with van der Waals surface area (Å²) in [6, 6.07) is 8.72. The second-order valence-corrected chi connectivity index (χ2v) is 5.20. The van der Waals surface area contributed by atoms with Crippen LogP contribution in [-0.2, 0) is 6.54 Å². The van der Waals surface area contributed by atoms with Crippen molar-refractivity contribution >= 4 is 11.6 Å². The van der Waals surface area contributed by atoms with E-state index in [4.69, 9.17) is 0 Å². The quantitative estimate of drug-likeness (QED) is 0.937. The molecule has 1 heterocycles. The molecule has 0 fully saturated rings. The van der Waals surface area contributed by atoms with E-state index in [1.54, 1.807) is 22.9 Å². The summed E-state index contributed by atoms with van der Waals surface area (Å²) in [6.45, 7) is 6.64. The van der Waals surface area contributed by atoms with Crippen LogP contribution < -0.4 is 10.9 Å². The molecule has 0 aliphatic heterocycles. The Bertz CT molecular complexity index is 717. The lowest BCUT2D eigenvalue weighted by atomic mass is 10.1. The Kier molecular flexibility index (Phi) is 4.58. The van der Waals surface area contributed by atoms with E-state index in [0.717, 1.165) is 17.5 Å². The van der Waals surface area contributed by atoms with Gasteiger partial charge in [-0.25, -0.2) is 0 Å². The SMILES string of the molecule is CCCn1cc(NC(=O)c2ccc(C)c(C)c2)ccc1=O. The molecule has 0 bridgehead atoms. The number of pyridine rings is 1. The number of carbonyl (C=O) groups excluding carboxylic acids is 1. The van der Waals surface area contributed by atoms with Gasteiger partial charge in [0.05, 0.1) is 5.69 Å². The lowest BCUT2D eigenvalue weighted by Gasteiger charge is -2.09. The van der Waals surface area contributed by atoms with E-state index >= 15 is 0 Å². The number of aromatic nitrogens is 1. The minimum atomic E-state index is -0.167. The summed E-state index contributed by atoms with van der Waals surface area (Å²) in [5.74, 6) is -0.167. The minimum absolute atomic E-state index is 0.0546. The Morgan fingerprint density at radius 1 is 1.14 bits per heavy atom. The Morgan fingerprint density at radius 2 is 1.90 bits per heavy atom. The van der Waals surface area contributed by atoms with Crippen molar-refractivity contribution in [2.45, 2.75) is 33.7 Å². The molecular weight excluding hydrogens is 264 g/mol. The molecule has 0 saturated heterocycles. The lowest BCUT2D eigenvalue weighted by Crippen LogP contribution is -2.20. The highest BCUT2D eigenvalue weighted by atomic mass is 16.1. The molecule has 2 rings (SSSR count). The van der Waals surface area contributed by atoms with Gasteiger partial charge in [0.25, 0.3) is 11.5 Å². The molecule has 2 aromatic rings. The zero-order chi connectivity index (χ0) is 15.4. The number of hydrogen-bond donors (Lipinski definition) is 1. The molecule has 0 atom stereocenters. The number of amides is 1. The van der Waals surface area contributed by atoms with Crippen molar-refractivity contribution in [1.29, 1.82) is 0 Å². The Hall–Kier alpha value is -2.36. The first kappa shape index (κ1) is 15.0. The molecule has 0 saturated carbocycles. The van der Waals surface area contributed by atoms with Crippen LogP contribution in [0.25, 0.3) is 0 Å². The zero-order valence-corrected chi connectivity index (χ0v) is 12.6. The molecule has 0 spiro atoms. The Morgan fingerprint density at radius 3 is 2.57 bits per heavy atom. The number of benzene rings is 1. The monoisotopic (exact) mass is 284 g/mol. The molecule has 0 aliphatic carbocycles. The largest absolute Gasteiger partial charge is 0.321 e. The van der Waals surface area contributed by atoms with Crippen molar-refractivity contribution in [2.75, 3.05) is 5.32 Å². The average Bonchev–Trinajstić information content (AvgIpc) is 2.45. The first-order valence-corrected chi connectivity index (χ1v) is 7.10. The number of rotatable bonds is 4. The van der Waals surface area contributed by atoms with Crippen molar-refractivity contribution in [3.63, 3.8) is 0 Å². The van der Waals surface area contributed by atoms with E-state index in [0.29, 0.717) is 17.8 Å². The summed E-state index contributed by atoms with van der Waals surface area (Å²) in [4.78, 5) is 23.9. The fraction of sp³-hybridized carbons (Fsp3) is 0.294. The summed E-state index contributed by atoms with van der Waals surface area (Å²) in [5, 5.41) is 2.83. The van der Waals surface area contributed by atoms with Gasteiger partial charge < -0.3 is 9.88 Å². The van der Waals surface area contributed by atoms with Gasteiger partial charge in [-0.05, 0) is 49.6 Å². The first-order valence-electron chi connectivity index (χ1n) is 7.10. The maximum Gasteiger partial charge on any atom is 0.255 e. The number of carbonyl (C=O) groups is 1. The molecule has 4 nitrogen and oxygen atoms in total. The molecule has 4 heteroatoms. The van der Waals surface area contributed by atoms with Crippen LogP contribution in [0.15, 0.2) is 41.3 Å². The van der Waals surface area contributed by atoms with Crippen molar-refractivity contribution in [1.82, 2.24) is 4.57 Å². The molecule has 1 N–H and O–H groups in total. The van der Waals surface area contributed by atoms with Crippen LogP contribution in [0.2, 0.25) is 0 Å². The molecule has 0 radical (unpaired) electrons. The highest BCUT2D eigenvalue weighted by Gasteiger charge is 2.08. The highest BCUT2D eigenvalue weighted by Crippen LogP contribution is 2.12. The van der Waals surface area contributed by atoms with Crippen LogP contribution in [0.4, 0.5) is 5.69 Å². The molecule has 21 heavy (non-hydrogen) atoms. The van der Waals surface area contributed by atoms with Crippen molar-refractivity contribution in [2.24, 2.45) is 0 Å². The molecule has 110 valence electrons. The second-order valence-electron chi connectivity index (χ2n) is 5.20. The van der Waals surface area contributed by atoms with Gasteiger partial charge >= 0.3 is 0 Å². The maximum atomic E-state index is 12.2. The van der Waals surface area contributed by atoms with Crippen LogP contribution in [0.1, 0.15) is 34.8 Å². The summed E-state index contributed by atoms with van der Waals surface area (Å²) >= 11 is 0. The third-order valence-electron chi connectivity index (χ3n) is 3.47. The topological polar surface area (TPSA) is 51.1 Å². The van der Waals surface area contributed by atoms with Gasteiger partial charge in [-0.15, -0.1) is 0 Å². The molecule has 0 unspecified atom stereocenters. The summed E-state index contributed by atoms with van der Waals surface area (Å²) < 4.78 is 1.61. The minimum Gasteiger partial charge on any atom is -0.321 e. The fourth-order valence-electron chi connectivity index (χ4n) is 2.11. The Balaban J connectivity index is 2.21. The second kappa shape index (κ2) is 6.39. The number of anilines is 1. The van der Waals surface area contributed by atoms with Crippen LogP contribution in [0.3, 0.4) is 0 Å². The van der Waals surface area contributed by atoms with Gasteiger partial charge in [-0.3, -0.25) is 9.59 Å². The molecule has 1 aromatic heterocycles. The van der Waals surface area contributed by atoms with E-state index in [9.17, 15) is 9.59 Å². The number of hydrogen-bond acceptors (Lipinski definition) is 2. The van der Waals surface area contributed by atoms with E-state index in [2.05, 4.69) is 5.32 Å². The third kappa shape index (κ3) is 3.60. The van der Waals surface area contributed by atoms with Gasteiger partial charge in [0.1, 0.15) is 0 Å².